The Kier molecular flexibility index (Phi) is 6.38. The van der Waals surface area contributed by atoms with Crippen molar-refractivity contribution in [3.05, 3.63) is 91.9 Å². The molecular formula is C22H21Br2NO. The SMILES string of the molecule is Cc1ccc(COc2c(Br)cc(Br)cc2CNc2cccc(C)c2)cc1. The van der Waals surface area contributed by atoms with Crippen LogP contribution in [-0.4, -0.2) is 0 Å². The smallest absolute Gasteiger partial charge is 0.139 e. The first-order chi connectivity index (χ1) is 12.5. The van der Waals surface area contributed by atoms with Gasteiger partial charge < -0.3 is 10.1 Å². The van der Waals surface area contributed by atoms with Gasteiger partial charge in [0, 0.05) is 22.3 Å². The average Bonchev–Trinajstić information content (AvgIpc) is 2.60. The first kappa shape index (κ1) is 19.0. The van der Waals surface area contributed by atoms with Crippen molar-refractivity contribution in [1.29, 1.82) is 0 Å². The summed E-state index contributed by atoms with van der Waals surface area (Å²) in [5, 5.41) is 3.48. The number of anilines is 1. The molecule has 26 heavy (non-hydrogen) atoms. The molecule has 2 nitrogen and oxygen atoms in total. The van der Waals surface area contributed by atoms with Gasteiger partial charge in [-0.15, -0.1) is 0 Å². The summed E-state index contributed by atoms with van der Waals surface area (Å²) in [5.74, 6) is 0.869. The van der Waals surface area contributed by atoms with Crippen LogP contribution >= 0.6 is 31.9 Å². The molecule has 3 aromatic carbocycles. The molecule has 0 fully saturated rings. The molecule has 0 aliphatic rings. The predicted molar refractivity (Wildman–Crippen MR) is 116 cm³/mol. The summed E-state index contributed by atoms with van der Waals surface area (Å²) >= 11 is 7.21. The van der Waals surface area contributed by atoms with Gasteiger partial charge in [0.05, 0.1) is 4.47 Å². The number of benzene rings is 3. The van der Waals surface area contributed by atoms with Gasteiger partial charge in [-0.25, -0.2) is 0 Å². The van der Waals surface area contributed by atoms with Crippen LogP contribution in [0.4, 0.5) is 5.69 Å². The summed E-state index contributed by atoms with van der Waals surface area (Å²) < 4.78 is 8.12. The molecule has 0 amide bonds. The highest BCUT2D eigenvalue weighted by atomic mass is 79.9. The van der Waals surface area contributed by atoms with E-state index < -0.39 is 0 Å². The molecule has 0 aliphatic carbocycles. The highest BCUT2D eigenvalue weighted by molar-refractivity contribution is 9.11. The summed E-state index contributed by atoms with van der Waals surface area (Å²) in [6.45, 7) is 5.41. The number of halogens is 2. The lowest BCUT2D eigenvalue weighted by atomic mass is 10.1. The molecule has 3 aromatic rings. The average molecular weight is 475 g/mol. The first-order valence-electron chi connectivity index (χ1n) is 8.48. The van der Waals surface area contributed by atoms with Gasteiger partial charge in [0.1, 0.15) is 12.4 Å². The topological polar surface area (TPSA) is 21.3 Å². The molecule has 0 atom stereocenters. The third kappa shape index (κ3) is 5.12. The van der Waals surface area contributed by atoms with Crippen LogP contribution in [0.25, 0.3) is 0 Å². The van der Waals surface area contributed by atoms with Crippen molar-refractivity contribution in [2.75, 3.05) is 5.32 Å². The van der Waals surface area contributed by atoms with E-state index in [1.807, 2.05) is 6.07 Å². The standard InChI is InChI=1S/C22H21Br2NO/c1-15-6-8-17(9-7-15)14-26-22-18(11-19(23)12-21(22)24)13-25-20-5-3-4-16(2)10-20/h3-12,25H,13-14H2,1-2H3. The summed E-state index contributed by atoms with van der Waals surface area (Å²) in [7, 11) is 0. The van der Waals surface area contributed by atoms with Gasteiger partial charge in [-0.1, -0.05) is 57.9 Å². The van der Waals surface area contributed by atoms with Crippen LogP contribution in [0, 0.1) is 13.8 Å². The van der Waals surface area contributed by atoms with Gasteiger partial charge in [0.25, 0.3) is 0 Å². The van der Waals surface area contributed by atoms with Crippen LogP contribution in [0.2, 0.25) is 0 Å². The third-order valence-corrected chi connectivity index (χ3v) is 5.14. The van der Waals surface area contributed by atoms with E-state index in [1.165, 1.54) is 11.1 Å². The lowest BCUT2D eigenvalue weighted by Gasteiger charge is -2.16. The minimum absolute atomic E-state index is 0.540. The normalized spacial score (nSPS) is 10.6. The summed E-state index contributed by atoms with van der Waals surface area (Å²) in [6, 6.07) is 20.9. The van der Waals surface area contributed by atoms with Crippen LogP contribution in [0.5, 0.6) is 5.75 Å². The molecule has 0 bridgehead atoms. The fourth-order valence-corrected chi connectivity index (χ4v) is 4.13. The Balaban J connectivity index is 1.76. The van der Waals surface area contributed by atoms with Crippen molar-refractivity contribution < 1.29 is 4.74 Å². The summed E-state index contributed by atoms with van der Waals surface area (Å²) in [6.07, 6.45) is 0. The number of aryl methyl sites for hydroxylation is 2. The van der Waals surface area contributed by atoms with Crippen LogP contribution in [0.3, 0.4) is 0 Å². The Morgan fingerprint density at radius 1 is 0.885 bits per heavy atom. The van der Waals surface area contributed by atoms with E-state index in [4.69, 9.17) is 4.74 Å². The van der Waals surface area contributed by atoms with E-state index in [2.05, 4.69) is 106 Å². The molecule has 0 unspecified atom stereocenters. The molecule has 0 aliphatic heterocycles. The van der Waals surface area contributed by atoms with Gasteiger partial charge in [-0.05, 0) is 65.2 Å². The Morgan fingerprint density at radius 2 is 1.65 bits per heavy atom. The van der Waals surface area contributed by atoms with Crippen LogP contribution in [-0.2, 0) is 13.2 Å². The zero-order chi connectivity index (χ0) is 18.5. The highest BCUT2D eigenvalue weighted by Crippen LogP contribution is 2.34. The van der Waals surface area contributed by atoms with Gasteiger partial charge in [-0.3, -0.25) is 0 Å². The lowest BCUT2D eigenvalue weighted by Crippen LogP contribution is -2.05. The van der Waals surface area contributed by atoms with E-state index in [1.54, 1.807) is 0 Å². The predicted octanol–water partition coefficient (Wildman–Crippen LogP) is 7.02. The lowest BCUT2D eigenvalue weighted by molar-refractivity contribution is 0.301. The molecule has 0 aromatic heterocycles. The van der Waals surface area contributed by atoms with Crippen molar-refractivity contribution in [3.8, 4) is 5.75 Å². The summed E-state index contributed by atoms with van der Waals surface area (Å²) in [4.78, 5) is 0. The number of ether oxygens (including phenoxy) is 1. The van der Waals surface area contributed by atoms with E-state index in [-0.39, 0.29) is 0 Å². The molecule has 1 N–H and O–H groups in total. The first-order valence-corrected chi connectivity index (χ1v) is 10.1. The van der Waals surface area contributed by atoms with Crippen LogP contribution in [0.1, 0.15) is 22.3 Å². The van der Waals surface area contributed by atoms with E-state index in [0.29, 0.717) is 13.2 Å². The van der Waals surface area contributed by atoms with Gasteiger partial charge in [0.15, 0.2) is 0 Å². The maximum atomic E-state index is 6.15. The van der Waals surface area contributed by atoms with Crippen LogP contribution in [0.15, 0.2) is 69.6 Å². The molecule has 134 valence electrons. The highest BCUT2D eigenvalue weighted by Gasteiger charge is 2.11. The number of nitrogens with one attached hydrogen (secondary N) is 1. The zero-order valence-corrected chi connectivity index (χ0v) is 18.0. The Labute approximate surface area is 171 Å². The number of hydrogen-bond donors (Lipinski definition) is 1. The minimum Gasteiger partial charge on any atom is -0.487 e. The maximum absolute atomic E-state index is 6.15. The fourth-order valence-electron chi connectivity index (χ4n) is 2.70. The minimum atomic E-state index is 0.540. The molecule has 0 radical (unpaired) electrons. The Hall–Kier alpha value is -1.78. The fraction of sp³-hybridized carbons (Fsp3) is 0.182. The second-order valence-electron chi connectivity index (χ2n) is 6.37. The van der Waals surface area contributed by atoms with E-state index >= 15 is 0 Å². The van der Waals surface area contributed by atoms with Crippen molar-refractivity contribution in [2.24, 2.45) is 0 Å². The molecule has 0 heterocycles. The monoisotopic (exact) mass is 473 g/mol. The molecular weight excluding hydrogens is 454 g/mol. The maximum Gasteiger partial charge on any atom is 0.139 e. The van der Waals surface area contributed by atoms with Crippen molar-refractivity contribution in [1.82, 2.24) is 0 Å². The Bertz CT molecular complexity index is 891. The van der Waals surface area contributed by atoms with Gasteiger partial charge in [0.2, 0.25) is 0 Å². The second-order valence-corrected chi connectivity index (χ2v) is 8.14. The number of rotatable bonds is 6. The quantitative estimate of drug-likeness (QED) is 0.414. The van der Waals surface area contributed by atoms with Gasteiger partial charge in [-0.2, -0.15) is 0 Å². The molecule has 0 saturated heterocycles. The van der Waals surface area contributed by atoms with Gasteiger partial charge >= 0.3 is 0 Å². The Morgan fingerprint density at radius 3 is 2.38 bits per heavy atom. The van der Waals surface area contributed by atoms with Crippen LogP contribution < -0.4 is 10.1 Å². The number of hydrogen-bond acceptors (Lipinski definition) is 2. The van der Waals surface area contributed by atoms with Crippen molar-refractivity contribution >= 4 is 37.5 Å². The molecule has 0 spiro atoms. The largest absolute Gasteiger partial charge is 0.487 e. The van der Waals surface area contributed by atoms with Crippen molar-refractivity contribution in [3.63, 3.8) is 0 Å². The van der Waals surface area contributed by atoms with Crippen molar-refractivity contribution in [2.45, 2.75) is 27.0 Å². The third-order valence-electron chi connectivity index (χ3n) is 4.09. The van der Waals surface area contributed by atoms with E-state index in [0.717, 1.165) is 31.5 Å². The second kappa shape index (κ2) is 8.74. The molecule has 4 heteroatoms. The van der Waals surface area contributed by atoms with E-state index in [9.17, 15) is 0 Å². The molecule has 0 saturated carbocycles. The zero-order valence-electron chi connectivity index (χ0n) is 14.9. The molecule has 3 rings (SSSR count). The summed E-state index contributed by atoms with van der Waals surface area (Å²) in [5.41, 5.74) is 5.84.